The van der Waals surface area contributed by atoms with E-state index in [0.717, 1.165) is 37.0 Å². The van der Waals surface area contributed by atoms with Gasteiger partial charge in [0.1, 0.15) is 0 Å². The summed E-state index contributed by atoms with van der Waals surface area (Å²) in [6, 6.07) is 1.66. The molecular weight excluding hydrogens is 264 g/mol. The summed E-state index contributed by atoms with van der Waals surface area (Å²) in [5.74, 6) is -0.983. The number of rotatable bonds is 4. The van der Waals surface area contributed by atoms with Gasteiger partial charge in [0.25, 0.3) is 0 Å². The normalized spacial score (nSPS) is 17.5. The number of carboxylic acids is 1. The average molecular weight is 282 g/mol. The van der Waals surface area contributed by atoms with Gasteiger partial charge in [-0.2, -0.15) is 5.10 Å². The van der Waals surface area contributed by atoms with E-state index in [9.17, 15) is 9.90 Å². The highest BCUT2D eigenvalue weighted by Crippen LogP contribution is 2.24. The zero-order valence-corrected chi connectivity index (χ0v) is 11.8. The molecule has 4 heteroatoms. The predicted octanol–water partition coefficient (Wildman–Crippen LogP) is 3.59. The molecule has 0 amide bonds. The maximum absolute atomic E-state index is 11.2. The molecule has 0 unspecified atom stereocenters. The summed E-state index contributed by atoms with van der Waals surface area (Å²) in [6.45, 7) is 0.615. The van der Waals surface area contributed by atoms with Crippen LogP contribution >= 0.6 is 0 Å². The largest absolute Gasteiger partial charge is 0.476 e. The second kappa shape index (κ2) is 5.95. The summed E-state index contributed by atoms with van der Waals surface area (Å²) in [4.78, 5) is 11.2. The highest BCUT2D eigenvalue weighted by atomic mass is 16.4. The van der Waals surface area contributed by atoms with E-state index in [1.54, 1.807) is 10.7 Å². The van der Waals surface area contributed by atoms with Crippen LogP contribution in [-0.4, -0.2) is 20.9 Å². The van der Waals surface area contributed by atoms with E-state index in [1.165, 1.54) is 5.57 Å². The van der Waals surface area contributed by atoms with E-state index in [4.69, 9.17) is 0 Å². The van der Waals surface area contributed by atoms with Crippen molar-refractivity contribution in [1.82, 2.24) is 9.78 Å². The lowest BCUT2D eigenvalue weighted by atomic mass is 10.0. The molecule has 0 aliphatic heterocycles. The Bertz CT molecular complexity index is 675. The van der Waals surface area contributed by atoms with E-state index in [2.05, 4.69) is 35.5 Å². The molecule has 0 bridgehead atoms. The van der Waals surface area contributed by atoms with E-state index in [1.807, 2.05) is 6.08 Å². The first-order valence-corrected chi connectivity index (χ1v) is 7.28. The number of allylic oxidation sites excluding steroid dienone is 8. The summed E-state index contributed by atoms with van der Waals surface area (Å²) < 4.78 is 1.80. The molecule has 108 valence electrons. The molecule has 1 N–H and O–H groups in total. The fraction of sp³-hybridized carbons (Fsp3) is 0.294. The summed E-state index contributed by atoms with van der Waals surface area (Å²) >= 11 is 0. The first-order chi connectivity index (χ1) is 10.2. The number of hydrogen-bond acceptors (Lipinski definition) is 2. The maximum atomic E-state index is 11.2. The minimum Gasteiger partial charge on any atom is -0.476 e. The Morgan fingerprint density at radius 3 is 2.52 bits per heavy atom. The van der Waals surface area contributed by atoms with Gasteiger partial charge in [-0.3, -0.25) is 4.68 Å². The first-order valence-electron chi connectivity index (χ1n) is 7.28. The molecule has 0 spiro atoms. The van der Waals surface area contributed by atoms with Crippen LogP contribution in [0.15, 0.2) is 48.1 Å². The van der Waals surface area contributed by atoms with E-state index < -0.39 is 5.97 Å². The Morgan fingerprint density at radius 2 is 1.90 bits per heavy atom. The molecule has 21 heavy (non-hydrogen) atoms. The van der Waals surface area contributed by atoms with Crippen molar-refractivity contribution < 1.29 is 9.90 Å². The van der Waals surface area contributed by atoms with Gasteiger partial charge in [-0.1, -0.05) is 36.5 Å². The molecule has 2 aliphatic carbocycles. The van der Waals surface area contributed by atoms with Crippen molar-refractivity contribution in [2.75, 3.05) is 0 Å². The predicted molar refractivity (Wildman–Crippen MR) is 82.0 cm³/mol. The number of aromatic carboxylic acids is 1. The fourth-order valence-corrected chi connectivity index (χ4v) is 2.64. The third-order valence-electron chi connectivity index (χ3n) is 3.69. The Labute approximate surface area is 123 Å². The van der Waals surface area contributed by atoms with Crippen LogP contribution in [0.3, 0.4) is 0 Å². The van der Waals surface area contributed by atoms with Crippen LogP contribution < -0.4 is 0 Å². The smallest absolute Gasteiger partial charge is 0.356 e. The van der Waals surface area contributed by atoms with E-state index in [-0.39, 0.29) is 5.69 Å². The van der Waals surface area contributed by atoms with Gasteiger partial charge in [0.2, 0.25) is 0 Å². The number of nitrogens with zero attached hydrogens (tertiary/aromatic N) is 2. The quantitative estimate of drug-likeness (QED) is 0.918. The zero-order chi connectivity index (χ0) is 14.7. The van der Waals surface area contributed by atoms with Crippen LogP contribution in [0.4, 0.5) is 0 Å². The Hall–Kier alpha value is -2.36. The van der Waals surface area contributed by atoms with Gasteiger partial charge in [0.05, 0.1) is 12.2 Å². The fourth-order valence-electron chi connectivity index (χ4n) is 2.64. The first kappa shape index (κ1) is 13.6. The van der Waals surface area contributed by atoms with Crippen LogP contribution in [0.5, 0.6) is 0 Å². The third-order valence-corrected chi connectivity index (χ3v) is 3.69. The Morgan fingerprint density at radius 1 is 1.14 bits per heavy atom. The molecule has 0 radical (unpaired) electrons. The summed E-state index contributed by atoms with van der Waals surface area (Å²) in [7, 11) is 0. The molecule has 0 saturated carbocycles. The maximum Gasteiger partial charge on any atom is 0.356 e. The van der Waals surface area contributed by atoms with Crippen LogP contribution in [-0.2, 0) is 6.54 Å². The molecule has 0 aromatic carbocycles. The van der Waals surface area contributed by atoms with Gasteiger partial charge < -0.3 is 5.11 Å². The van der Waals surface area contributed by atoms with Crippen LogP contribution in [0.2, 0.25) is 0 Å². The number of aromatic nitrogens is 2. The molecule has 1 aromatic heterocycles. The van der Waals surface area contributed by atoms with Crippen molar-refractivity contribution in [2.24, 2.45) is 0 Å². The molecule has 2 aliphatic rings. The molecule has 4 nitrogen and oxygen atoms in total. The standard InChI is InChI=1S/C17H18N2O2/c20-17(21)15-11-16(14-9-5-2-6-10-14)19(18-15)12-13-7-3-1-4-8-13/h3,5,7-11H,1-2,4,6,12H2,(H,20,21). The minimum absolute atomic E-state index is 0.102. The van der Waals surface area contributed by atoms with E-state index >= 15 is 0 Å². The van der Waals surface area contributed by atoms with Gasteiger partial charge >= 0.3 is 5.97 Å². The second-order valence-electron chi connectivity index (χ2n) is 5.28. The Kier molecular flexibility index (Phi) is 3.86. The number of carbonyl (C=O) groups is 1. The molecule has 1 aromatic rings. The number of carboxylic acid groups (broad SMARTS) is 1. The van der Waals surface area contributed by atoms with Crippen molar-refractivity contribution in [2.45, 2.75) is 32.2 Å². The van der Waals surface area contributed by atoms with Crippen molar-refractivity contribution in [3.63, 3.8) is 0 Å². The SMILES string of the molecule is O=C(O)c1cc(C2=CCCC=C2)n(CC2=CCCC=C2)n1. The monoisotopic (exact) mass is 282 g/mol. The molecular formula is C17H18N2O2. The molecule has 0 fully saturated rings. The number of hydrogen-bond donors (Lipinski definition) is 1. The zero-order valence-electron chi connectivity index (χ0n) is 11.8. The van der Waals surface area contributed by atoms with Crippen molar-refractivity contribution in [3.8, 4) is 0 Å². The Balaban J connectivity index is 1.95. The van der Waals surface area contributed by atoms with Gasteiger partial charge in [-0.15, -0.1) is 0 Å². The van der Waals surface area contributed by atoms with Crippen LogP contribution in [0, 0.1) is 0 Å². The van der Waals surface area contributed by atoms with Gasteiger partial charge in [0, 0.05) is 0 Å². The molecule has 0 saturated heterocycles. The molecule has 3 rings (SSSR count). The summed E-state index contributed by atoms with van der Waals surface area (Å²) in [5, 5.41) is 13.4. The lowest BCUT2D eigenvalue weighted by Gasteiger charge is -2.12. The lowest BCUT2D eigenvalue weighted by molar-refractivity contribution is 0.0689. The molecule has 1 heterocycles. The third kappa shape index (κ3) is 3.05. The van der Waals surface area contributed by atoms with E-state index in [0.29, 0.717) is 6.54 Å². The van der Waals surface area contributed by atoms with Gasteiger partial charge in [-0.05, 0) is 42.9 Å². The van der Waals surface area contributed by atoms with Crippen LogP contribution in [0.25, 0.3) is 5.57 Å². The van der Waals surface area contributed by atoms with Crippen molar-refractivity contribution in [3.05, 3.63) is 59.5 Å². The second-order valence-corrected chi connectivity index (χ2v) is 5.28. The average Bonchev–Trinajstić information content (AvgIpc) is 2.93. The lowest BCUT2D eigenvalue weighted by Crippen LogP contribution is -2.08. The topological polar surface area (TPSA) is 55.1 Å². The summed E-state index contributed by atoms with van der Waals surface area (Å²) in [6.07, 6.45) is 16.9. The van der Waals surface area contributed by atoms with Crippen molar-refractivity contribution >= 4 is 11.5 Å². The van der Waals surface area contributed by atoms with Crippen LogP contribution in [0.1, 0.15) is 41.9 Å². The van der Waals surface area contributed by atoms with Gasteiger partial charge in [0.15, 0.2) is 5.69 Å². The minimum atomic E-state index is -0.983. The van der Waals surface area contributed by atoms with Crippen molar-refractivity contribution in [1.29, 1.82) is 0 Å². The summed E-state index contributed by atoms with van der Waals surface area (Å²) in [5.41, 5.74) is 3.22. The highest BCUT2D eigenvalue weighted by molar-refractivity contribution is 5.87. The molecule has 0 atom stereocenters. The highest BCUT2D eigenvalue weighted by Gasteiger charge is 2.16. The van der Waals surface area contributed by atoms with Gasteiger partial charge in [-0.25, -0.2) is 4.79 Å².